The van der Waals surface area contributed by atoms with Crippen LogP contribution in [0.2, 0.25) is 0 Å². The molecule has 0 aliphatic rings. The van der Waals surface area contributed by atoms with Gasteiger partial charge in [0.15, 0.2) is 0 Å². The van der Waals surface area contributed by atoms with E-state index in [0.717, 1.165) is 0 Å². The van der Waals surface area contributed by atoms with Crippen molar-refractivity contribution in [2.75, 3.05) is 0 Å². The Kier molecular flexibility index (Phi) is 15.1. The molecular formula is C6H14Ta. The van der Waals surface area contributed by atoms with E-state index in [1.54, 1.807) is 0 Å². The molecule has 0 bridgehead atoms. The Bertz CT molecular complexity index is 16.1. The van der Waals surface area contributed by atoms with E-state index in [1.165, 1.54) is 25.7 Å². The van der Waals surface area contributed by atoms with Gasteiger partial charge in [-0.15, -0.1) is 0 Å². The minimum Gasteiger partial charge on any atom is -0.0654 e. The first-order chi connectivity index (χ1) is 2.91. The molecule has 0 fully saturated rings. The largest absolute Gasteiger partial charge is 0.0654 e. The third-order valence-corrected chi connectivity index (χ3v) is 0.957. The number of hydrogen-bond acceptors (Lipinski definition) is 0. The van der Waals surface area contributed by atoms with Gasteiger partial charge in [0.25, 0.3) is 0 Å². The zero-order valence-electron chi connectivity index (χ0n) is 5.28. The Labute approximate surface area is 62.2 Å². The summed E-state index contributed by atoms with van der Waals surface area (Å²) in [5.41, 5.74) is 0. The zero-order valence-corrected chi connectivity index (χ0v) is 8.49. The summed E-state index contributed by atoms with van der Waals surface area (Å²) >= 11 is 0. The Hall–Kier alpha value is 0.740. The molecule has 0 amide bonds. The molecule has 0 nitrogen and oxygen atoms in total. The van der Waals surface area contributed by atoms with Crippen molar-refractivity contribution in [2.24, 2.45) is 0 Å². The summed E-state index contributed by atoms with van der Waals surface area (Å²) in [7, 11) is 0. The molecule has 0 aliphatic heterocycles. The van der Waals surface area contributed by atoms with Gasteiger partial charge in [-0.1, -0.05) is 39.5 Å². The fraction of sp³-hybridized carbons (Fsp3) is 1.00. The maximum atomic E-state index is 2.23. The summed E-state index contributed by atoms with van der Waals surface area (Å²) in [6.45, 7) is 4.46. The molecule has 0 aromatic carbocycles. The summed E-state index contributed by atoms with van der Waals surface area (Å²) in [5.74, 6) is 0. The van der Waals surface area contributed by atoms with E-state index in [-0.39, 0.29) is 22.4 Å². The third kappa shape index (κ3) is 10.8. The monoisotopic (exact) mass is 267 g/mol. The molecule has 1 heteroatoms. The van der Waals surface area contributed by atoms with Gasteiger partial charge in [0.2, 0.25) is 0 Å². The van der Waals surface area contributed by atoms with Crippen LogP contribution in [0, 0.1) is 0 Å². The molecule has 0 atom stereocenters. The SMILES string of the molecule is CCCCCC.[Ta]. The van der Waals surface area contributed by atoms with E-state index in [4.69, 9.17) is 0 Å². The maximum absolute atomic E-state index is 2.23. The van der Waals surface area contributed by atoms with Gasteiger partial charge in [0.05, 0.1) is 0 Å². The van der Waals surface area contributed by atoms with Crippen LogP contribution < -0.4 is 0 Å². The van der Waals surface area contributed by atoms with Crippen LogP contribution in [0.5, 0.6) is 0 Å². The van der Waals surface area contributed by atoms with Crippen molar-refractivity contribution in [3.8, 4) is 0 Å². The molecular weight excluding hydrogens is 253 g/mol. The average molecular weight is 267 g/mol. The van der Waals surface area contributed by atoms with Crippen molar-refractivity contribution in [3.63, 3.8) is 0 Å². The van der Waals surface area contributed by atoms with Gasteiger partial charge in [-0.25, -0.2) is 0 Å². The first-order valence-electron chi connectivity index (χ1n) is 2.91. The molecule has 1 radical (unpaired) electrons. The molecule has 43 valence electrons. The smallest absolute Gasteiger partial charge is 0 e. The van der Waals surface area contributed by atoms with Gasteiger partial charge in [-0.2, -0.15) is 0 Å². The summed E-state index contributed by atoms with van der Waals surface area (Å²) in [6.07, 6.45) is 5.54. The molecule has 0 aromatic rings. The Morgan fingerprint density at radius 2 is 1.14 bits per heavy atom. The minimum atomic E-state index is 0. The molecule has 7 heavy (non-hydrogen) atoms. The fourth-order valence-electron chi connectivity index (χ4n) is 0.500. The summed E-state index contributed by atoms with van der Waals surface area (Å²) in [5, 5.41) is 0. The van der Waals surface area contributed by atoms with Crippen molar-refractivity contribution >= 4 is 0 Å². The zero-order chi connectivity index (χ0) is 4.83. The second-order valence-electron chi connectivity index (χ2n) is 1.71. The van der Waals surface area contributed by atoms with Crippen LogP contribution in [0.15, 0.2) is 0 Å². The second-order valence-corrected chi connectivity index (χ2v) is 1.71. The molecule has 0 N–H and O–H groups in total. The molecule has 0 saturated carbocycles. The van der Waals surface area contributed by atoms with Crippen molar-refractivity contribution in [2.45, 2.75) is 39.5 Å². The van der Waals surface area contributed by atoms with Gasteiger partial charge in [0, 0.05) is 22.4 Å². The standard InChI is InChI=1S/C6H14.Ta/c1-3-5-6-4-2;/h3-6H2,1-2H3;. The molecule has 0 unspecified atom stereocenters. The summed E-state index contributed by atoms with van der Waals surface area (Å²) in [4.78, 5) is 0. The topological polar surface area (TPSA) is 0 Å². The third-order valence-electron chi connectivity index (χ3n) is 0.957. The van der Waals surface area contributed by atoms with E-state index in [9.17, 15) is 0 Å². The van der Waals surface area contributed by atoms with Crippen molar-refractivity contribution < 1.29 is 22.4 Å². The van der Waals surface area contributed by atoms with Crippen molar-refractivity contribution in [1.82, 2.24) is 0 Å². The van der Waals surface area contributed by atoms with Crippen molar-refractivity contribution in [1.29, 1.82) is 0 Å². The van der Waals surface area contributed by atoms with Crippen LogP contribution in [-0.2, 0) is 22.4 Å². The van der Waals surface area contributed by atoms with E-state index in [1.807, 2.05) is 0 Å². The number of rotatable bonds is 3. The van der Waals surface area contributed by atoms with Gasteiger partial charge in [-0.05, 0) is 0 Å². The predicted molar refractivity (Wildman–Crippen MR) is 29.8 cm³/mol. The van der Waals surface area contributed by atoms with Gasteiger partial charge in [0.1, 0.15) is 0 Å². The van der Waals surface area contributed by atoms with E-state index >= 15 is 0 Å². The first-order valence-corrected chi connectivity index (χ1v) is 2.91. The van der Waals surface area contributed by atoms with Crippen LogP contribution in [0.3, 0.4) is 0 Å². The summed E-state index contributed by atoms with van der Waals surface area (Å²) < 4.78 is 0. The molecule has 0 spiro atoms. The quantitative estimate of drug-likeness (QED) is 0.689. The van der Waals surface area contributed by atoms with Crippen LogP contribution in [0.1, 0.15) is 39.5 Å². The second kappa shape index (κ2) is 9.88. The molecule has 0 rings (SSSR count). The fourth-order valence-corrected chi connectivity index (χ4v) is 0.500. The minimum absolute atomic E-state index is 0. The average Bonchev–Trinajstić information content (AvgIpc) is 1.61. The number of hydrogen-bond donors (Lipinski definition) is 0. The Morgan fingerprint density at radius 1 is 0.857 bits per heavy atom. The van der Waals surface area contributed by atoms with Gasteiger partial charge in [-0.3, -0.25) is 0 Å². The molecule has 0 heterocycles. The first kappa shape index (κ1) is 10.7. The van der Waals surface area contributed by atoms with Gasteiger partial charge < -0.3 is 0 Å². The van der Waals surface area contributed by atoms with Crippen LogP contribution in [0.25, 0.3) is 0 Å². The van der Waals surface area contributed by atoms with Crippen LogP contribution in [0.4, 0.5) is 0 Å². The number of unbranched alkanes of at least 4 members (excludes halogenated alkanes) is 3. The van der Waals surface area contributed by atoms with E-state index in [2.05, 4.69) is 13.8 Å². The Balaban J connectivity index is 0. The molecule has 0 aromatic heterocycles. The van der Waals surface area contributed by atoms with Crippen molar-refractivity contribution in [3.05, 3.63) is 0 Å². The summed E-state index contributed by atoms with van der Waals surface area (Å²) in [6, 6.07) is 0. The normalized spacial score (nSPS) is 7.71. The predicted octanol–water partition coefficient (Wildman–Crippen LogP) is 2.58. The van der Waals surface area contributed by atoms with E-state index < -0.39 is 0 Å². The van der Waals surface area contributed by atoms with Crippen LogP contribution >= 0.6 is 0 Å². The molecule has 0 aliphatic carbocycles. The Morgan fingerprint density at radius 3 is 1.29 bits per heavy atom. The van der Waals surface area contributed by atoms with E-state index in [0.29, 0.717) is 0 Å². The molecule has 0 saturated heterocycles. The van der Waals surface area contributed by atoms with Gasteiger partial charge >= 0.3 is 0 Å². The van der Waals surface area contributed by atoms with Crippen LogP contribution in [-0.4, -0.2) is 0 Å². The maximum Gasteiger partial charge on any atom is 0 e.